The van der Waals surface area contributed by atoms with Crippen LogP contribution in [0.1, 0.15) is 32.4 Å². The van der Waals surface area contributed by atoms with Gasteiger partial charge in [-0.2, -0.15) is 0 Å². The van der Waals surface area contributed by atoms with Crippen molar-refractivity contribution in [3.8, 4) is 28.6 Å². The van der Waals surface area contributed by atoms with Gasteiger partial charge in [0, 0.05) is 30.8 Å². The van der Waals surface area contributed by atoms with Crippen LogP contribution in [-0.2, 0) is 6.54 Å². The standard InChI is InChI=1S/C24H27N5O5/c1-14(21(31)15-7-18(32-4)22-19(8-15)33-13-34-22)28-10-24(2,3)11-29-20(30)9-17(27-23(28)29)16-5-6-25-12-26-16/h5-9,12,14,21,31H,10-11,13H2,1-4H3. The largest absolute Gasteiger partial charge is 0.493 e. The molecule has 0 radical (unpaired) electrons. The molecule has 178 valence electrons. The lowest BCUT2D eigenvalue weighted by molar-refractivity contribution is 0.135. The van der Waals surface area contributed by atoms with Crippen LogP contribution in [0.3, 0.4) is 0 Å². The summed E-state index contributed by atoms with van der Waals surface area (Å²) in [5, 5.41) is 11.4. The third-order valence-corrected chi connectivity index (χ3v) is 6.24. The van der Waals surface area contributed by atoms with Gasteiger partial charge < -0.3 is 24.2 Å². The van der Waals surface area contributed by atoms with E-state index in [2.05, 4.69) is 23.8 Å². The molecule has 4 heterocycles. The zero-order valence-electron chi connectivity index (χ0n) is 19.6. The topological polar surface area (TPSA) is 112 Å². The van der Waals surface area contributed by atoms with E-state index < -0.39 is 12.1 Å². The van der Waals surface area contributed by atoms with Gasteiger partial charge in [-0.25, -0.2) is 15.0 Å². The Morgan fingerprint density at radius 2 is 2.00 bits per heavy atom. The summed E-state index contributed by atoms with van der Waals surface area (Å²) in [6.45, 7) is 7.33. The van der Waals surface area contributed by atoms with E-state index in [0.29, 0.717) is 53.2 Å². The maximum Gasteiger partial charge on any atom is 0.255 e. The molecule has 2 aromatic heterocycles. The molecule has 2 unspecified atom stereocenters. The van der Waals surface area contributed by atoms with E-state index in [9.17, 15) is 9.90 Å². The first-order valence-corrected chi connectivity index (χ1v) is 11.1. The zero-order chi connectivity index (χ0) is 24.0. The van der Waals surface area contributed by atoms with Crippen molar-refractivity contribution in [1.82, 2.24) is 19.5 Å². The molecule has 0 fully saturated rings. The van der Waals surface area contributed by atoms with Crippen molar-refractivity contribution in [2.45, 2.75) is 39.5 Å². The predicted molar refractivity (Wildman–Crippen MR) is 124 cm³/mol. The highest BCUT2D eigenvalue weighted by Crippen LogP contribution is 2.44. The van der Waals surface area contributed by atoms with Crippen molar-refractivity contribution < 1.29 is 19.3 Å². The molecule has 0 amide bonds. The first-order valence-electron chi connectivity index (χ1n) is 11.1. The number of ether oxygens (including phenoxy) is 3. The Hall–Kier alpha value is -3.66. The lowest BCUT2D eigenvalue weighted by Gasteiger charge is -2.44. The number of benzene rings is 1. The van der Waals surface area contributed by atoms with Crippen molar-refractivity contribution in [1.29, 1.82) is 0 Å². The molecule has 34 heavy (non-hydrogen) atoms. The van der Waals surface area contributed by atoms with Gasteiger partial charge in [0.2, 0.25) is 18.5 Å². The van der Waals surface area contributed by atoms with E-state index in [0.717, 1.165) is 0 Å². The molecule has 3 aromatic rings. The number of aliphatic hydroxyl groups is 1. The fraction of sp³-hybridized carbons (Fsp3) is 0.417. The minimum Gasteiger partial charge on any atom is -0.493 e. The maximum atomic E-state index is 13.1. The van der Waals surface area contributed by atoms with Crippen molar-refractivity contribution in [2.75, 3.05) is 25.3 Å². The molecule has 0 bridgehead atoms. The fourth-order valence-corrected chi connectivity index (χ4v) is 4.54. The number of fused-ring (bicyclic) bond motifs is 2. The van der Waals surface area contributed by atoms with Crippen molar-refractivity contribution in [2.24, 2.45) is 5.41 Å². The summed E-state index contributed by atoms with van der Waals surface area (Å²) < 4.78 is 18.1. The molecular formula is C24H27N5O5. The Morgan fingerprint density at radius 1 is 1.18 bits per heavy atom. The predicted octanol–water partition coefficient (Wildman–Crippen LogP) is 2.41. The molecule has 0 saturated carbocycles. The van der Waals surface area contributed by atoms with Gasteiger partial charge in [0.05, 0.1) is 30.6 Å². The van der Waals surface area contributed by atoms with Gasteiger partial charge in [-0.05, 0) is 30.7 Å². The molecule has 0 saturated heterocycles. The minimum atomic E-state index is -0.912. The Labute approximate surface area is 196 Å². The van der Waals surface area contributed by atoms with Crippen molar-refractivity contribution in [3.05, 3.63) is 52.7 Å². The number of nitrogens with zero attached hydrogens (tertiary/aromatic N) is 5. The number of aliphatic hydroxyl groups excluding tert-OH is 1. The van der Waals surface area contributed by atoms with Crippen LogP contribution >= 0.6 is 0 Å². The van der Waals surface area contributed by atoms with Crippen LogP contribution in [0.2, 0.25) is 0 Å². The Morgan fingerprint density at radius 3 is 2.74 bits per heavy atom. The van der Waals surface area contributed by atoms with Gasteiger partial charge in [0.15, 0.2) is 11.5 Å². The van der Waals surface area contributed by atoms with Crippen LogP contribution in [0, 0.1) is 5.41 Å². The summed E-state index contributed by atoms with van der Waals surface area (Å²) in [7, 11) is 1.55. The minimum absolute atomic E-state index is 0.104. The fourth-order valence-electron chi connectivity index (χ4n) is 4.54. The highest BCUT2D eigenvalue weighted by atomic mass is 16.7. The van der Waals surface area contributed by atoms with E-state index in [-0.39, 0.29) is 17.8 Å². The molecule has 0 spiro atoms. The van der Waals surface area contributed by atoms with E-state index in [1.165, 1.54) is 12.4 Å². The molecule has 2 aliphatic rings. The number of methoxy groups -OCH3 is 1. The van der Waals surface area contributed by atoms with Gasteiger partial charge in [-0.3, -0.25) is 9.36 Å². The summed E-state index contributed by atoms with van der Waals surface area (Å²) in [5.41, 5.74) is 1.28. The van der Waals surface area contributed by atoms with E-state index >= 15 is 0 Å². The second-order valence-corrected chi connectivity index (χ2v) is 9.39. The molecular weight excluding hydrogens is 438 g/mol. The van der Waals surface area contributed by atoms with Crippen LogP contribution in [0.4, 0.5) is 5.95 Å². The second-order valence-electron chi connectivity index (χ2n) is 9.39. The Kier molecular flexibility index (Phi) is 5.40. The maximum absolute atomic E-state index is 13.1. The quantitative estimate of drug-likeness (QED) is 0.607. The SMILES string of the molecule is COc1cc(C(O)C(C)N2CC(C)(C)Cn3c2nc(-c2ccncn2)cc3=O)cc2c1OCO2. The van der Waals surface area contributed by atoms with Crippen molar-refractivity contribution >= 4 is 5.95 Å². The highest BCUT2D eigenvalue weighted by Gasteiger charge is 2.37. The molecule has 10 nitrogen and oxygen atoms in total. The molecule has 2 aliphatic heterocycles. The molecule has 5 rings (SSSR count). The molecule has 1 aromatic carbocycles. The van der Waals surface area contributed by atoms with Gasteiger partial charge >= 0.3 is 0 Å². The molecule has 10 heteroatoms. The second kappa shape index (κ2) is 8.28. The number of aromatic nitrogens is 4. The number of rotatable bonds is 5. The normalized spacial score (nSPS) is 17.7. The van der Waals surface area contributed by atoms with Crippen LogP contribution in [0.15, 0.2) is 41.6 Å². The average molecular weight is 466 g/mol. The van der Waals surface area contributed by atoms with Crippen LogP contribution in [-0.4, -0.2) is 51.1 Å². The van der Waals surface area contributed by atoms with Gasteiger partial charge in [0.1, 0.15) is 6.33 Å². The summed E-state index contributed by atoms with van der Waals surface area (Å²) in [6, 6.07) is 6.31. The van der Waals surface area contributed by atoms with Gasteiger partial charge in [-0.1, -0.05) is 13.8 Å². The monoisotopic (exact) mass is 465 g/mol. The average Bonchev–Trinajstić information content (AvgIpc) is 3.31. The summed E-state index contributed by atoms with van der Waals surface area (Å²) in [5.74, 6) is 2.05. The third-order valence-electron chi connectivity index (χ3n) is 6.24. The summed E-state index contributed by atoms with van der Waals surface area (Å²) >= 11 is 0. The first-order chi connectivity index (χ1) is 16.3. The number of anilines is 1. The number of hydrogen-bond donors (Lipinski definition) is 1. The molecule has 0 aliphatic carbocycles. The lowest BCUT2D eigenvalue weighted by atomic mass is 9.89. The van der Waals surface area contributed by atoms with Crippen LogP contribution in [0.5, 0.6) is 17.2 Å². The Bertz CT molecular complexity index is 1280. The molecule has 2 atom stereocenters. The zero-order valence-corrected chi connectivity index (χ0v) is 19.6. The Balaban J connectivity index is 1.56. The highest BCUT2D eigenvalue weighted by molar-refractivity contribution is 5.57. The van der Waals surface area contributed by atoms with Gasteiger partial charge in [0.25, 0.3) is 5.56 Å². The van der Waals surface area contributed by atoms with Crippen LogP contribution < -0.4 is 24.7 Å². The van der Waals surface area contributed by atoms with E-state index in [1.54, 1.807) is 36.1 Å². The smallest absolute Gasteiger partial charge is 0.255 e. The summed E-state index contributed by atoms with van der Waals surface area (Å²) in [4.78, 5) is 28.1. The van der Waals surface area contributed by atoms with Gasteiger partial charge in [-0.15, -0.1) is 0 Å². The summed E-state index contributed by atoms with van der Waals surface area (Å²) in [6.07, 6.45) is 2.13. The molecule has 1 N–H and O–H groups in total. The first kappa shape index (κ1) is 22.1. The van der Waals surface area contributed by atoms with Crippen LogP contribution in [0.25, 0.3) is 11.4 Å². The van der Waals surface area contributed by atoms with E-state index in [1.807, 2.05) is 11.8 Å². The lowest BCUT2D eigenvalue weighted by Crippen LogP contribution is -2.52. The van der Waals surface area contributed by atoms with E-state index in [4.69, 9.17) is 19.2 Å². The van der Waals surface area contributed by atoms with Crippen molar-refractivity contribution in [3.63, 3.8) is 0 Å². The number of hydrogen-bond acceptors (Lipinski definition) is 9. The third kappa shape index (κ3) is 3.83.